The third kappa shape index (κ3) is 3.58. The van der Waals surface area contributed by atoms with Crippen LogP contribution in [0.25, 0.3) is 10.9 Å². The molecule has 0 saturated carbocycles. The van der Waals surface area contributed by atoms with Gasteiger partial charge >= 0.3 is 0 Å². The van der Waals surface area contributed by atoms with Crippen LogP contribution in [0.4, 0.5) is 0 Å². The largest absolute Gasteiger partial charge is 0.361 e. The van der Waals surface area contributed by atoms with E-state index in [0.717, 1.165) is 19.5 Å². The molecule has 1 aromatic heterocycles. The lowest BCUT2D eigenvalue weighted by Crippen LogP contribution is -2.23. The van der Waals surface area contributed by atoms with Crippen molar-refractivity contribution in [2.75, 3.05) is 20.6 Å². The topological polar surface area (TPSA) is 48.1 Å². The van der Waals surface area contributed by atoms with E-state index in [1.807, 2.05) is 6.20 Å². The number of hydrogen-bond acceptors (Lipinski definition) is 2. The Bertz CT molecular complexity index is 545. The molecule has 0 bridgehead atoms. The first kappa shape index (κ1) is 13.6. The Morgan fingerprint density at radius 1 is 1.32 bits per heavy atom. The fourth-order valence-electron chi connectivity index (χ4n) is 2.12. The van der Waals surface area contributed by atoms with Crippen molar-refractivity contribution in [2.24, 2.45) is 0 Å². The number of benzene rings is 1. The lowest BCUT2D eigenvalue weighted by atomic mass is 10.1. The maximum absolute atomic E-state index is 11.4. The zero-order chi connectivity index (χ0) is 13.7. The Balaban J connectivity index is 1.77. The zero-order valence-electron chi connectivity index (χ0n) is 11.6. The summed E-state index contributed by atoms with van der Waals surface area (Å²) in [6, 6.07) is 8.37. The minimum Gasteiger partial charge on any atom is -0.361 e. The van der Waals surface area contributed by atoms with Crippen molar-refractivity contribution < 1.29 is 4.79 Å². The van der Waals surface area contributed by atoms with E-state index in [-0.39, 0.29) is 5.91 Å². The molecule has 0 radical (unpaired) electrons. The minimum atomic E-state index is 0.189. The van der Waals surface area contributed by atoms with Gasteiger partial charge in [0.15, 0.2) is 0 Å². The predicted molar refractivity (Wildman–Crippen MR) is 77.9 cm³/mol. The molecule has 0 aliphatic heterocycles. The van der Waals surface area contributed by atoms with Crippen molar-refractivity contribution in [3.8, 4) is 0 Å². The normalized spacial score (nSPS) is 10.8. The minimum absolute atomic E-state index is 0.189. The Labute approximate surface area is 113 Å². The second kappa shape index (κ2) is 6.38. The van der Waals surface area contributed by atoms with Crippen molar-refractivity contribution in [3.63, 3.8) is 0 Å². The lowest BCUT2D eigenvalue weighted by Gasteiger charge is -2.10. The first-order valence-electron chi connectivity index (χ1n) is 6.64. The Kier molecular flexibility index (Phi) is 4.58. The van der Waals surface area contributed by atoms with E-state index < -0.39 is 0 Å². The van der Waals surface area contributed by atoms with Gasteiger partial charge < -0.3 is 15.2 Å². The summed E-state index contributed by atoms with van der Waals surface area (Å²) in [7, 11) is 3.59. The van der Waals surface area contributed by atoms with Gasteiger partial charge in [-0.3, -0.25) is 4.79 Å². The highest BCUT2D eigenvalue weighted by molar-refractivity contribution is 5.82. The van der Waals surface area contributed by atoms with Crippen LogP contribution in [-0.2, 0) is 11.3 Å². The number of amides is 1. The maximum Gasteiger partial charge on any atom is 0.222 e. The number of fused-ring (bicyclic) bond motifs is 1. The van der Waals surface area contributed by atoms with E-state index in [1.165, 1.54) is 16.5 Å². The first-order chi connectivity index (χ1) is 9.18. The molecule has 0 saturated heterocycles. The molecule has 0 unspecified atom stereocenters. The number of aromatic amines is 1. The zero-order valence-corrected chi connectivity index (χ0v) is 11.6. The number of carbonyl (C=O) groups is 1. The molecule has 0 aliphatic carbocycles. The fraction of sp³-hybridized carbons (Fsp3) is 0.400. The summed E-state index contributed by atoms with van der Waals surface area (Å²) in [6.07, 6.45) is 3.44. The highest BCUT2D eigenvalue weighted by Crippen LogP contribution is 2.16. The SMILES string of the molecule is CN(C)C(=O)CCCNCc1cccc2[nH]ccc12. The molecule has 4 heteroatoms. The molecule has 0 spiro atoms. The van der Waals surface area contributed by atoms with Crippen LogP contribution in [0.1, 0.15) is 18.4 Å². The monoisotopic (exact) mass is 259 g/mol. The van der Waals surface area contributed by atoms with Gasteiger partial charge in [-0.2, -0.15) is 0 Å². The number of hydrogen-bond donors (Lipinski definition) is 2. The summed E-state index contributed by atoms with van der Waals surface area (Å²) >= 11 is 0. The van der Waals surface area contributed by atoms with Crippen LogP contribution in [0.5, 0.6) is 0 Å². The average molecular weight is 259 g/mol. The van der Waals surface area contributed by atoms with Gasteiger partial charge in [0, 0.05) is 44.2 Å². The van der Waals surface area contributed by atoms with Crippen LogP contribution in [0.15, 0.2) is 30.5 Å². The summed E-state index contributed by atoms with van der Waals surface area (Å²) in [6.45, 7) is 1.70. The van der Waals surface area contributed by atoms with Crippen molar-refractivity contribution in [2.45, 2.75) is 19.4 Å². The number of aromatic nitrogens is 1. The van der Waals surface area contributed by atoms with Gasteiger partial charge in [0.05, 0.1) is 0 Å². The van der Waals surface area contributed by atoms with Crippen molar-refractivity contribution in [1.82, 2.24) is 15.2 Å². The molecule has 19 heavy (non-hydrogen) atoms. The summed E-state index contributed by atoms with van der Waals surface area (Å²) in [5.74, 6) is 0.189. The number of nitrogens with one attached hydrogen (secondary N) is 2. The molecule has 2 N–H and O–H groups in total. The van der Waals surface area contributed by atoms with E-state index >= 15 is 0 Å². The molecule has 2 aromatic rings. The standard InChI is InChI=1S/C15H21N3O/c1-18(2)15(19)7-4-9-16-11-12-5-3-6-14-13(12)8-10-17-14/h3,5-6,8,10,16-17H,4,7,9,11H2,1-2H3. The van der Waals surface area contributed by atoms with E-state index in [2.05, 4.69) is 34.6 Å². The summed E-state index contributed by atoms with van der Waals surface area (Å²) < 4.78 is 0. The van der Waals surface area contributed by atoms with E-state index in [0.29, 0.717) is 6.42 Å². The predicted octanol–water partition coefficient (Wildman–Crippen LogP) is 2.13. The second-order valence-corrected chi connectivity index (χ2v) is 4.92. The fourth-order valence-corrected chi connectivity index (χ4v) is 2.12. The Hall–Kier alpha value is -1.81. The molecule has 1 amide bonds. The van der Waals surface area contributed by atoms with Crippen LogP contribution in [0, 0.1) is 0 Å². The van der Waals surface area contributed by atoms with Crippen LogP contribution < -0.4 is 5.32 Å². The van der Waals surface area contributed by atoms with Crippen LogP contribution in [0.2, 0.25) is 0 Å². The quantitative estimate of drug-likeness (QED) is 0.781. The molecule has 0 aliphatic rings. The molecule has 1 aromatic carbocycles. The molecule has 2 rings (SSSR count). The summed E-state index contributed by atoms with van der Waals surface area (Å²) in [5, 5.41) is 4.66. The van der Waals surface area contributed by atoms with Gasteiger partial charge in [-0.15, -0.1) is 0 Å². The van der Waals surface area contributed by atoms with E-state index in [1.54, 1.807) is 19.0 Å². The molecular weight excluding hydrogens is 238 g/mol. The van der Waals surface area contributed by atoms with Crippen LogP contribution >= 0.6 is 0 Å². The third-order valence-corrected chi connectivity index (χ3v) is 3.24. The molecule has 102 valence electrons. The van der Waals surface area contributed by atoms with Gasteiger partial charge in [-0.05, 0) is 30.7 Å². The van der Waals surface area contributed by atoms with Gasteiger partial charge in [0.2, 0.25) is 5.91 Å². The second-order valence-electron chi connectivity index (χ2n) is 4.92. The maximum atomic E-state index is 11.4. The summed E-state index contributed by atoms with van der Waals surface area (Å²) in [5.41, 5.74) is 2.46. The van der Waals surface area contributed by atoms with Gasteiger partial charge in [-0.1, -0.05) is 12.1 Å². The smallest absolute Gasteiger partial charge is 0.222 e. The third-order valence-electron chi connectivity index (χ3n) is 3.24. The molecular formula is C15H21N3O. The molecule has 0 fully saturated rings. The van der Waals surface area contributed by atoms with Gasteiger partial charge in [0.1, 0.15) is 0 Å². The molecule has 0 atom stereocenters. The highest BCUT2D eigenvalue weighted by Gasteiger charge is 2.03. The Morgan fingerprint density at radius 3 is 2.95 bits per heavy atom. The Morgan fingerprint density at radius 2 is 2.16 bits per heavy atom. The van der Waals surface area contributed by atoms with Crippen LogP contribution in [0.3, 0.4) is 0 Å². The lowest BCUT2D eigenvalue weighted by molar-refractivity contribution is -0.128. The van der Waals surface area contributed by atoms with Crippen LogP contribution in [-0.4, -0.2) is 36.4 Å². The number of rotatable bonds is 6. The summed E-state index contributed by atoms with van der Waals surface area (Å²) in [4.78, 5) is 16.3. The van der Waals surface area contributed by atoms with Crippen molar-refractivity contribution in [3.05, 3.63) is 36.0 Å². The van der Waals surface area contributed by atoms with Gasteiger partial charge in [0.25, 0.3) is 0 Å². The number of H-pyrrole nitrogens is 1. The highest BCUT2D eigenvalue weighted by atomic mass is 16.2. The van der Waals surface area contributed by atoms with Crippen molar-refractivity contribution in [1.29, 1.82) is 0 Å². The molecule has 4 nitrogen and oxygen atoms in total. The van der Waals surface area contributed by atoms with E-state index in [4.69, 9.17) is 0 Å². The number of nitrogens with zero attached hydrogens (tertiary/aromatic N) is 1. The molecule has 1 heterocycles. The van der Waals surface area contributed by atoms with E-state index in [9.17, 15) is 4.79 Å². The van der Waals surface area contributed by atoms with Gasteiger partial charge in [-0.25, -0.2) is 0 Å². The average Bonchev–Trinajstić information content (AvgIpc) is 2.87. The van der Waals surface area contributed by atoms with Crippen molar-refractivity contribution >= 4 is 16.8 Å². The number of carbonyl (C=O) groups excluding carboxylic acids is 1. The first-order valence-corrected chi connectivity index (χ1v) is 6.64.